The van der Waals surface area contributed by atoms with Crippen molar-refractivity contribution in [2.45, 2.75) is 37.5 Å². The molecule has 9 nitrogen and oxygen atoms in total. The SMILES string of the molecule is NCC(=O)OC(=O)[C@@H]1CCCN1.O=C(O)[C@H]1NCCC1O. The first-order valence-electron chi connectivity index (χ1n) is 6.78. The molecule has 0 amide bonds. The van der Waals surface area contributed by atoms with Crippen LogP contribution in [-0.4, -0.2) is 65.9 Å². The molecule has 6 N–H and O–H groups in total. The van der Waals surface area contributed by atoms with Crippen molar-refractivity contribution in [1.29, 1.82) is 0 Å². The lowest BCUT2D eigenvalue weighted by molar-refractivity contribution is -0.160. The van der Waals surface area contributed by atoms with Crippen molar-refractivity contribution < 1.29 is 29.3 Å². The number of hydrogen-bond donors (Lipinski definition) is 5. The van der Waals surface area contributed by atoms with Crippen molar-refractivity contribution in [2.24, 2.45) is 5.73 Å². The number of carboxylic acids is 1. The van der Waals surface area contributed by atoms with E-state index in [1.165, 1.54) is 0 Å². The van der Waals surface area contributed by atoms with E-state index in [0.29, 0.717) is 13.0 Å². The van der Waals surface area contributed by atoms with Crippen molar-refractivity contribution in [1.82, 2.24) is 10.6 Å². The second-order valence-electron chi connectivity index (χ2n) is 4.77. The average molecular weight is 303 g/mol. The van der Waals surface area contributed by atoms with Crippen LogP contribution in [0.1, 0.15) is 19.3 Å². The van der Waals surface area contributed by atoms with Crippen LogP contribution in [0.3, 0.4) is 0 Å². The summed E-state index contributed by atoms with van der Waals surface area (Å²) in [5.41, 5.74) is 4.97. The molecule has 2 fully saturated rings. The van der Waals surface area contributed by atoms with Crippen molar-refractivity contribution >= 4 is 17.9 Å². The third-order valence-corrected chi connectivity index (χ3v) is 3.18. The summed E-state index contributed by atoms with van der Waals surface area (Å²) < 4.78 is 4.42. The highest BCUT2D eigenvalue weighted by molar-refractivity contribution is 5.89. The van der Waals surface area contributed by atoms with E-state index in [-0.39, 0.29) is 12.6 Å². The summed E-state index contributed by atoms with van der Waals surface area (Å²) in [6.45, 7) is 1.15. The molecule has 0 spiro atoms. The molecular weight excluding hydrogens is 282 g/mol. The maximum absolute atomic E-state index is 11.1. The lowest BCUT2D eigenvalue weighted by Crippen LogP contribution is -2.38. The Labute approximate surface area is 121 Å². The van der Waals surface area contributed by atoms with Crippen LogP contribution < -0.4 is 16.4 Å². The van der Waals surface area contributed by atoms with Crippen LogP contribution in [0.4, 0.5) is 0 Å². The van der Waals surface area contributed by atoms with Crippen LogP contribution in [-0.2, 0) is 19.1 Å². The number of esters is 2. The molecule has 2 rings (SSSR count). The molecule has 0 saturated carbocycles. The first kappa shape index (κ1) is 17.5. The normalized spacial score (nSPS) is 27.6. The van der Waals surface area contributed by atoms with Crippen LogP contribution in [0.15, 0.2) is 0 Å². The number of ether oxygens (including phenoxy) is 1. The van der Waals surface area contributed by atoms with Gasteiger partial charge in [0.2, 0.25) is 0 Å². The van der Waals surface area contributed by atoms with Gasteiger partial charge in [-0.15, -0.1) is 0 Å². The van der Waals surface area contributed by atoms with E-state index in [1.807, 2.05) is 0 Å². The molecule has 0 aliphatic carbocycles. The van der Waals surface area contributed by atoms with Gasteiger partial charge in [0, 0.05) is 0 Å². The number of aliphatic carboxylic acids is 1. The number of aliphatic hydroxyl groups excluding tert-OH is 1. The predicted octanol–water partition coefficient (Wildman–Crippen LogP) is -2.44. The minimum Gasteiger partial charge on any atom is -0.480 e. The fraction of sp³-hybridized carbons (Fsp3) is 0.750. The molecule has 120 valence electrons. The lowest BCUT2D eigenvalue weighted by atomic mass is 10.2. The van der Waals surface area contributed by atoms with Gasteiger partial charge in [0.25, 0.3) is 0 Å². The van der Waals surface area contributed by atoms with Gasteiger partial charge < -0.3 is 31.3 Å². The highest BCUT2D eigenvalue weighted by Gasteiger charge is 2.30. The molecule has 0 aromatic heterocycles. The van der Waals surface area contributed by atoms with Gasteiger partial charge in [-0.3, -0.25) is 9.59 Å². The second kappa shape index (κ2) is 8.67. The molecule has 3 atom stereocenters. The van der Waals surface area contributed by atoms with Crippen LogP contribution in [0.25, 0.3) is 0 Å². The highest BCUT2D eigenvalue weighted by atomic mass is 16.6. The number of carboxylic acid groups (broad SMARTS) is 1. The standard InChI is InChI=1S/C7H12N2O3.C5H9NO3/c8-4-6(10)12-7(11)5-2-1-3-9-5;7-3-1-2-6-4(3)5(8)9/h5,9H,1-4,8H2;3-4,6-7H,1-2H2,(H,8,9)/t5-;3?,4-/m00/s1. The molecule has 0 bridgehead atoms. The van der Waals surface area contributed by atoms with Gasteiger partial charge in [-0.2, -0.15) is 0 Å². The maximum atomic E-state index is 11.1. The fourth-order valence-corrected chi connectivity index (χ4v) is 2.05. The van der Waals surface area contributed by atoms with Gasteiger partial charge in [0.1, 0.15) is 12.1 Å². The Hall–Kier alpha value is -1.55. The molecule has 9 heteroatoms. The van der Waals surface area contributed by atoms with Gasteiger partial charge in [0.15, 0.2) is 0 Å². The summed E-state index contributed by atoms with van der Waals surface area (Å²) in [4.78, 5) is 31.8. The fourth-order valence-electron chi connectivity index (χ4n) is 2.05. The summed E-state index contributed by atoms with van der Waals surface area (Å²) in [5.74, 6) is -2.16. The van der Waals surface area contributed by atoms with Crippen LogP contribution in [0.5, 0.6) is 0 Å². The maximum Gasteiger partial charge on any atom is 0.330 e. The first-order chi connectivity index (χ1) is 9.95. The Morgan fingerprint density at radius 1 is 1.19 bits per heavy atom. The molecular formula is C12H21N3O6. The largest absolute Gasteiger partial charge is 0.480 e. The molecule has 2 heterocycles. The predicted molar refractivity (Wildman–Crippen MR) is 71.2 cm³/mol. The van der Waals surface area contributed by atoms with E-state index in [4.69, 9.17) is 15.9 Å². The van der Waals surface area contributed by atoms with E-state index in [1.54, 1.807) is 0 Å². The van der Waals surface area contributed by atoms with Gasteiger partial charge >= 0.3 is 17.9 Å². The number of rotatable bonds is 3. The number of aliphatic hydroxyl groups is 1. The van der Waals surface area contributed by atoms with E-state index >= 15 is 0 Å². The Balaban J connectivity index is 0.000000219. The van der Waals surface area contributed by atoms with E-state index in [9.17, 15) is 14.4 Å². The molecule has 2 saturated heterocycles. The second-order valence-corrected chi connectivity index (χ2v) is 4.77. The zero-order valence-electron chi connectivity index (χ0n) is 11.6. The Kier molecular flexibility index (Phi) is 7.23. The summed E-state index contributed by atoms with van der Waals surface area (Å²) in [5, 5.41) is 22.9. The summed E-state index contributed by atoms with van der Waals surface area (Å²) >= 11 is 0. The van der Waals surface area contributed by atoms with E-state index in [0.717, 1.165) is 19.4 Å². The minimum atomic E-state index is -0.972. The first-order valence-corrected chi connectivity index (χ1v) is 6.78. The van der Waals surface area contributed by atoms with Gasteiger partial charge in [-0.25, -0.2) is 4.79 Å². The van der Waals surface area contributed by atoms with Crippen molar-refractivity contribution in [3.63, 3.8) is 0 Å². The summed E-state index contributed by atoms with van der Waals surface area (Å²) in [7, 11) is 0. The zero-order chi connectivity index (χ0) is 15.8. The molecule has 2 aliphatic rings. The molecule has 0 aromatic rings. The van der Waals surface area contributed by atoms with Gasteiger partial charge in [0.05, 0.1) is 12.6 Å². The van der Waals surface area contributed by atoms with Crippen molar-refractivity contribution in [2.75, 3.05) is 19.6 Å². The van der Waals surface area contributed by atoms with E-state index in [2.05, 4.69) is 15.4 Å². The Morgan fingerprint density at radius 2 is 1.90 bits per heavy atom. The third kappa shape index (κ3) is 5.76. The summed E-state index contributed by atoms with van der Waals surface area (Å²) in [6.07, 6.45) is 1.51. The zero-order valence-corrected chi connectivity index (χ0v) is 11.6. The number of hydrogen-bond acceptors (Lipinski definition) is 8. The third-order valence-electron chi connectivity index (χ3n) is 3.18. The average Bonchev–Trinajstić information content (AvgIpc) is 3.09. The molecule has 1 unspecified atom stereocenters. The van der Waals surface area contributed by atoms with Crippen molar-refractivity contribution in [3.05, 3.63) is 0 Å². The van der Waals surface area contributed by atoms with Gasteiger partial charge in [-0.1, -0.05) is 0 Å². The lowest BCUT2D eigenvalue weighted by Gasteiger charge is -2.07. The van der Waals surface area contributed by atoms with Gasteiger partial charge in [-0.05, 0) is 32.4 Å². The Morgan fingerprint density at radius 3 is 2.29 bits per heavy atom. The van der Waals surface area contributed by atoms with Crippen molar-refractivity contribution in [3.8, 4) is 0 Å². The van der Waals surface area contributed by atoms with Crippen LogP contribution in [0, 0.1) is 0 Å². The van der Waals surface area contributed by atoms with Crippen LogP contribution >= 0.6 is 0 Å². The highest BCUT2D eigenvalue weighted by Crippen LogP contribution is 2.06. The topological polar surface area (TPSA) is 151 Å². The minimum absolute atomic E-state index is 0.252. The molecule has 0 aromatic carbocycles. The number of carbonyl (C=O) groups excluding carboxylic acids is 2. The number of carbonyl (C=O) groups is 3. The number of nitrogens with two attached hydrogens (primary N) is 1. The monoisotopic (exact) mass is 303 g/mol. The smallest absolute Gasteiger partial charge is 0.330 e. The molecule has 21 heavy (non-hydrogen) atoms. The van der Waals surface area contributed by atoms with E-state index < -0.39 is 30.1 Å². The molecule has 2 aliphatic heterocycles. The Bertz CT molecular complexity index is 383. The number of nitrogens with one attached hydrogen (secondary N) is 2. The molecule has 0 radical (unpaired) electrons. The summed E-state index contributed by atoms with van der Waals surface area (Å²) in [6, 6.07) is -1.06. The van der Waals surface area contributed by atoms with Crippen LogP contribution in [0.2, 0.25) is 0 Å². The quantitative estimate of drug-likeness (QED) is 0.283.